The van der Waals surface area contributed by atoms with Crippen LogP contribution < -0.4 is 15.4 Å². The highest BCUT2D eigenvalue weighted by Gasteiger charge is 2.22. The fourth-order valence-corrected chi connectivity index (χ4v) is 4.42. The molecule has 0 bridgehead atoms. The summed E-state index contributed by atoms with van der Waals surface area (Å²) in [6.07, 6.45) is 3.55. The Balaban J connectivity index is 1.47. The molecule has 2 N–H and O–H groups in total. The fraction of sp³-hybridized carbons (Fsp3) is 0.333. The molecule has 3 heterocycles. The average Bonchev–Trinajstić information content (AvgIpc) is 3.15. The zero-order valence-corrected chi connectivity index (χ0v) is 17.7. The number of likely N-dealkylation sites (tertiary alicyclic amines) is 1. The number of rotatable bonds is 5. The van der Waals surface area contributed by atoms with Crippen molar-refractivity contribution in [2.45, 2.75) is 25.8 Å². The number of carbonyl (C=O) groups excluding carboxylic acids is 2. The number of fused-ring (bicyclic) bond motifs is 1. The summed E-state index contributed by atoms with van der Waals surface area (Å²) in [6.45, 7) is 3.14. The molecule has 156 valence electrons. The molecule has 0 aliphatic carbocycles. The molecule has 0 spiro atoms. The van der Waals surface area contributed by atoms with E-state index in [-0.39, 0.29) is 17.9 Å². The molecule has 1 atom stereocenters. The maximum atomic E-state index is 11.8. The summed E-state index contributed by atoms with van der Waals surface area (Å²) in [6, 6.07) is 9.21. The number of thiazole rings is 1. The number of nitrogens with one attached hydrogen (secondary N) is 2. The summed E-state index contributed by atoms with van der Waals surface area (Å²) >= 11 is 1.55. The number of benzene rings is 1. The number of amides is 2. The highest BCUT2D eigenvalue weighted by atomic mass is 32.1. The lowest BCUT2D eigenvalue weighted by Gasteiger charge is -2.32. The van der Waals surface area contributed by atoms with Crippen molar-refractivity contribution in [3.63, 3.8) is 0 Å². The normalized spacial score (nSPS) is 16.3. The topological polar surface area (TPSA) is 96.5 Å². The summed E-state index contributed by atoms with van der Waals surface area (Å²) in [5.74, 6) is 1.05. The predicted molar refractivity (Wildman–Crippen MR) is 116 cm³/mol. The number of aromatic nitrogens is 2. The number of pyridine rings is 1. The Bertz CT molecular complexity index is 1080. The molecule has 1 aliphatic rings. The van der Waals surface area contributed by atoms with Crippen molar-refractivity contribution >= 4 is 38.5 Å². The lowest BCUT2D eigenvalue weighted by molar-refractivity contribution is -0.129. The summed E-state index contributed by atoms with van der Waals surface area (Å²) in [7, 11) is 1.56. The highest BCUT2D eigenvalue weighted by Crippen LogP contribution is 2.32. The van der Waals surface area contributed by atoms with Gasteiger partial charge in [0.15, 0.2) is 5.13 Å². The predicted octanol–water partition coefficient (Wildman–Crippen LogP) is 3.27. The van der Waals surface area contributed by atoms with Gasteiger partial charge in [0.2, 0.25) is 5.91 Å². The van der Waals surface area contributed by atoms with E-state index in [1.54, 1.807) is 43.6 Å². The van der Waals surface area contributed by atoms with Gasteiger partial charge in [0.05, 0.1) is 10.2 Å². The lowest BCUT2D eigenvalue weighted by Crippen LogP contribution is -2.44. The minimum atomic E-state index is -0.264. The van der Waals surface area contributed by atoms with Gasteiger partial charge in [0, 0.05) is 51.4 Å². The smallest absolute Gasteiger partial charge is 0.269 e. The molecular formula is C21H23N5O3S. The summed E-state index contributed by atoms with van der Waals surface area (Å²) in [4.78, 5) is 34.0. The zero-order valence-electron chi connectivity index (χ0n) is 16.8. The second kappa shape index (κ2) is 8.66. The molecule has 0 radical (unpaired) electrons. The second-order valence-electron chi connectivity index (χ2n) is 7.16. The molecular weight excluding hydrogens is 402 g/mol. The second-order valence-corrected chi connectivity index (χ2v) is 8.19. The van der Waals surface area contributed by atoms with Crippen LogP contribution in [-0.4, -0.2) is 52.9 Å². The molecule has 1 aromatic carbocycles. The van der Waals surface area contributed by atoms with Gasteiger partial charge < -0.3 is 20.3 Å². The van der Waals surface area contributed by atoms with Crippen LogP contribution in [0, 0.1) is 0 Å². The van der Waals surface area contributed by atoms with Crippen molar-refractivity contribution in [2.75, 3.05) is 25.5 Å². The molecule has 9 heteroatoms. The number of hydrogen-bond acceptors (Lipinski definition) is 7. The van der Waals surface area contributed by atoms with Crippen LogP contribution in [0.3, 0.4) is 0 Å². The van der Waals surface area contributed by atoms with Crippen molar-refractivity contribution in [1.29, 1.82) is 0 Å². The van der Waals surface area contributed by atoms with Gasteiger partial charge in [-0.1, -0.05) is 11.3 Å². The summed E-state index contributed by atoms with van der Waals surface area (Å²) in [5, 5.41) is 6.86. The van der Waals surface area contributed by atoms with Crippen molar-refractivity contribution in [3.8, 4) is 11.5 Å². The molecule has 4 rings (SSSR count). The number of carbonyl (C=O) groups is 2. The molecule has 1 aliphatic heterocycles. The van der Waals surface area contributed by atoms with Crippen molar-refractivity contribution in [1.82, 2.24) is 20.2 Å². The molecule has 8 nitrogen and oxygen atoms in total. The highest BCUT2D eigenvalue weighted by molar-refractivity contribution is 7.22. The van der Waals surface area contributed by atoms with E-state index in [2.05, 4.69) is 20.6 Å². The van der Waals surface area contributed by atoms with Crippen LogP contribution in [0.25, 0.3) is 10.2 Å². The van der Waals surface area contributed by atoms with Crippen LogP contribution in [0.2, 0.25) is 0 Å². The maximum Gasteiger partial charge on any atom is 0.269 e. The van der Waals surface area contributed by atoms with E-state index in [9.17, 15) is 9.59 Å². The molecule has 0 unspecified atom stereocenters. The number of hydrogen-bond donors (Lipinski definition) is 2. The minimum Gasteiger partial charge on any atom is -0.457 e. The minimum absolute atomic E-state index is 0.114. The van der Waals surface area contributed by atoms with Gasteiger partial charge in [-0.05, 0) is 31.0 Å². The molecule has 30 heavy (non-hydrogen) atoms. The van der Waals surface area contributed by atoms with Crippen LogP contribution in [0.5, 0.6) is 11.5 Å². The monoisotopic (exact) mass is 425 g/mol. The van der Waals surface area contributed by atoms with Gasteiger partial charge in [-0.2, -0.15) is 0 Å². The number of anilines is 1. The Hall–Kier alpha value is -3.20. The Morgan fingerprint density at radius 1 is 1.23 bits per heavy atom. The Kier molecular flexibility index (Phi) is 5.80. The first-order chi connectivity index (χ1) is 14.5. The van der Waals surface area contributed by atoms with Crippen molar-refractivity contribution in [2.24, 2.45) is 0 Å². The maximum absolute atomic E-state index is 11.8. The average molecular weight is 426 g/mol. The summed E-state index contributed by atoms with van der Waals surface area (Å²) in [5.41, 5.74) is 1.18. The van der Waals surface area contributed by atoms with Gasteiger partial charge in [-0.25, -0.2) is 4.98 Å². The van der Waals surface area contributed by atoms with Crippen molar-refractivity contribution in [3.05, 3.63) is 42.2 Å². The third-order valence-electron chi connectivity index (χ3n) is 4.98. The van der Waals surface area contributed by atoms with E-state index in [0.717, 1.165) is 34.7 Å². The molecule has 3 aromatic rings. The van der Waals surface area contributed by atoms with E-state index in [1.165, 1.54) is 0 Å². The third kappa shape index (κ3) is 4.51. The Labute approximate surface area is 178 Å². The van der Waals surface area contributed by atoms with Crippen LogP contribution in [0.15, 0.2) is 36.5 Å². The van der Waals surface area contributed by atoms with Gasteiger partial charge in [-0.3, -0.25) is 14.6 Å². The third-order valence-corrected chi connectivity index (χ3v) is 5.93. The van der Waals surface area contributed by atoms with Crippen LogP contribution in [0.4, 0.5) is 5.13 Å². The van der Waals surface area contributed by atoms with Crippen LogP contribution in [0.1, 0.15) is 30.3 Å². The van der Waals surface area contributed by atoms with Crippen LogP contribution in [-0.2, 0) is 4.79 Å². The SMILES string of the molecule is CNC(=O)c1cc(Oc2ccc3nc(N[C@H]4CCCN(C(C)=O)C4)sc3c2)ccn1. The van der Waals surface area contributed by atoms with E-state index in [4.69, 9.17) is 4.74 Å². The molecule has 1 saturated heterocycles. The number of piperidine rings is 1. The van der Waals surface area contributed by atoms with Crippen molar-refractivity contribution < 1.29 is 14.3 Å². The van der Waals surface area contributed by atoms with E-state index < -0.39 is 0 Å². The van der Waals surface area contributed by atoms with E-state index in [1.807, 2.05) is 23.1 Å². The van der Waals surface area contributed by atoms with Crippen LogP contribution >= 0.6 is 11.3 Å². The first kappa shape index (κ1) is 20.1. The first-order valence-corrected chi connectivity index (χ1v) is 10.6. The largest absolute Gasteiger partial charge is 0.457 e. The molecule has 0 saturated carbocycles. The van der Waals surface area contributed by atoms with E-state index >= 15 is 0 Å². The first-order valence-electron chi connectivity index (χ1n) is 9.80. The Morgan fingerprint density at radius 2 is 2.07 bits per heavy atom. The molecule has 1 fully saturated rings. The van der Waals surface area contributed by atoms with Gasteiger partial charge >= 0.3 is 0 Å². The van der Waals surface area contributed by atoms with Gasteiger partial charge in [-0.15, -0.1) is 0 Å². The Morgan fingerprint density at radius 3 is 2.87 bits per heavy atom. The van der Waals surface area contributed by atoms with E-state index in [0.29, 0.717) is 23.7 Å². The van der Waals surface area contributed by atoms with Gasteiger partial charge in [0.25, 0.3) is 5.91 Å². The summed E-state index contributed by atoms with van der Waals surface area (Å²) < 4.78 is 6.91. The molecule has 2 aromatic heterocycles. The quantitative estimate of drug-likeness (QED) is 0.651. The van der Waals surface area contributed by atoms with Gasteiger partial charge in [0.1, 0.15) is 17.2 Å². The fourth-order valence-electron chi connectivity index (χ4n) is 3.45. The number of ether oxygens (including phenoxy) is 1. The number of nitrogens with zero attached hydrogens (tertiary/aromatic N) is 3. The zero-order chi connectivity index (χ0) is 21.1. The molecule has 2 amide bonds. The lowest BCUT2D eigenvalue weighted by atomic mass is 10.1. The standard InChI is InChI=1S/C21H23N5O3S/c1-13(27)26-9-3-4-14(12-26)24-21-25-17-6-5-15(11-19(17)30-21)29-16-7-8-23-18(10-16)20(28)22-2/h5-8,10-11,14H,3-4,9,12H2,1-2H3,(H,22,28)(H,24,25)/t14-/m0/s1.